The summed E-state index contributed by atoms with van der Waals surface area (Å²) in [6.07, 6.45) is 4.38. The summed E-state index contributed by atoms with van der Waals surface area (Å²) in [6.45, 7) is 2.15. The van der Waals surface area contributed by atoms with Crippen LogP contribution in [0.15, 0.2) is 28.7 Å². The van der Waals surface area contributed by atoms with Crippen LogP contribution in [0.5, 0.6) is 0 Å². The zero-order valence-corrected chi connectivity index (χ0v) is 10.6. The number of halogens is 1. The summed E-state index contributed by atoms with van der Waals surface area (Å²) in [5.41, 5.74) is 0.426. The van der Waals surface area contributed by atoms with Crippen molar-refractivity contribution < 1.29 is 5.11 Å². The maximum Gasteiger partial charge on any atom is 0.0932 e. The first-order chi connectivity index (χ1) is 7.14. The molecule has 82 valence electrons. The molecule has 2 atom stereocenters. The minimum Gasteiger partial charge on any atom is -0.385 e. The van der Waals surface area contributed by atoms with Crippen molar-refractivity contribution in [1.82, 2.24) is 0 Å². The molecule has 0 saturated heterocycles. The molecule has 1 nitrogen and oxygen atoms in total. The number of aliphatic hydroxyl groups is 1. The maximum atomic E-state index is 10.8. The SMILES string of the molecule is C[C@@H]1CCCC[C@@]1(O)c1ccccc1Br. The minimum atomic E-state index is -0.627. The average Bonchev–Trinajstić information content (AvgIpc) is 2.23. The van der Waals surface area contributed by atoms with Crippen LogP contribution in [0.3, 0.4) is 0 Å². The van der Waals surface area contributed by atoms with Crippen LogP contribution in [0.25, 0.3) is 0 Å². The molecule has 1 saturated carbocycles. The first-order valence-electron chi connectivity index (χ1n) is 5.62. The summed E-state index contributed by atoms with van der Waals surface area (Å²) >= 11 is 3.53. The van der Waals surface area contributed by atoms with Gasteiger partial charge in [-0.25, -0.2) is 0 Å². The van der Waals surface area contributed by atoms with Gasteiger partial charge in [-0.1, -0.05) is 53.9 Å². The van der Waals surface area contributed by atoms with Crippen molar-refractivity contribution in [3.8, 4) is 0 Å². The van der Waals surface area contributed by atoms with Crippen molar-refractivity contribution in [2.45, 2.75) is 38.2 Å². The minimum absolute atomic E-state index is 0.352. The van der Waals surface area contributed by atoms with Gasteiger partial charge in [0.1, 0.15) is 0 Å². The summed E-state index contributed by atoms with van der Waals surface area (Å²) in [5, 5.41) is 10.8. The molecule has 0 heterocycles. The molecule has 1 fully saturated rings. The van der Waals surface area contributed by atoms with Crippen molar-refractivity contribution in [1.29, 1.82) is 0 Å². The third kappa shape index (κ3) is 1.98. The molecular weight excluding hydrogens is 252 g/mol. The van der Waals surface area contributed by atoms with E-state index < -0.39 is 5.60 Å². The van der Waals surface area contributed by atoms with Gasteiger partial charge in [0.05, 0.1) is 5.60 Å². The van der Waals surface area contributed by atoms with Crippen LogP contribution in [0.1, 0.15) is 38.2 Å². The molecule has 0 unspecified atom stereocenters. The van der Waals surface area contributed by atoms with Gasteiger partial charge in [0.25, 0.3) is 0 Å². The Balaban J connectivity index is 2.39. The van der Waals surface area contributed by atoms with Crippen LogP contribution in [0.2, 0.25) is 0 Å². The molecule has 1 aromatic carbocycles. The zero-order chi connectivity index (χ0) is 10.9. The van der Waals surface area contributed by atoms with Crippen molar-refractivity contribution in [3.05, 3.63) is 34.3 Å². The first kappa shape index (κ1) is 11.2. The van der Waals surface area contributed by atoms with Crippen LogP contribution in [0.4, 0.5) is 0 Å². The lowest BCUT2D eigenvalue weighted by atomic mass is 9.72. The second kappa shape index (κ2) is 4.26. The molecule has 0 amide bonds. The summed E-state index contributed by atoms with van der Waals surface area (Å²) < 4.78 is 1.03. The van der Waals surface area contributed by atoms with E-state index in [-0.39, 0.29) is 0 Å². The van der Waals surface area contributed by atoms with Gasteiger partial charge >= 0.3 is 0 Å². The molecule has 0 aromatic heterocycles. The van der Waals surface area contributed by atoms with Gasteiger partial charge in [-0.2, -0.15) is 0 Å². The number of hydrogen-bond donors (Lipinski definition) is 1. The Morgan fingerprint density at radius 2 is 2.07 bits per heavy atom. The fourth-order valence-corrected chi connectivity index (χ4v) is 3.17. The van der Waals surface area contributed by atoms with E-state index in [9.17, 15) is 5.11 Å². The summed E-state index contributed by atoms with van der Waals surface area (Å²) in [4.78, 5) is 0. The fourth-order valence-electron chi connectivity index (χ4n) is 2.54. The van der Waals surface area contributed by atoms with Gasteiger partial charge in [-0.15, -0.1) is 0 Å². The second-order valence-electron chi connectivity index (χ2n) is 4.55. The molecule has 0 radical (unpaired) electrons. The van der Waals surface area contributed by atoms with Crippen molar-refractivity contribution in [3.63, 3.8) is 0 Å². The third-order valence-electron chi connectivity index (χ3n) is 3.60. The highest BCUT2D eigenvalue weighted by Crippen LogP contribution is 2.43. The Kier molecular flexibility index (Phi) is 3.17. The molecule has 2 rings (SSSR count). The highest BCUT2D eigenvalue weighted by Gasteiger charge is 2.38. The highest BCUT2D eigenvalue weighted by atomic mass is 79.9. The van der Waals surface area contributed by atoms with Gasteiger partial charge in [0.2, 0.25) is 0 Å². The van der Waals surface area contributed by atoms with E-state index in [4.69, 9.17) is 0 Å². The lowest BCUT2D eigenvalue weighted by molar-refractivity contribution is -0.0475. The van der Waals surface area contributed by atoms with Gasteiger partial charge in [0, 0.05) is 4.47 Å². The second-order valence-corrected chi connectivity index (χ2v) is 5.41. The summed E-state index contributed by atoms with van der Waals surface area (Å²) in [6, 6.07) is 8.03. The summed E-state index contributed by atoms with van der Waals surface area (Å²) in [7, 11) is 0. The molecule has 2 heteroatoms. The molecule has 1 N–H and O–H groups in total. The highest BCUT2D eigenvalue weighted by molar-refractivity contribution is 9.10. The van der Waals surface area contributed by atoms with E-state index in [1.807, 2.05) is 24.3 Å². The average molecular weight is 269 g/mol. The van der Waals surface area contributed by atoms with Gasteiger partial charge < -0.3 is 5.11 Å². The molecule has 0 bridgehead atoms. The Labute approximate surface area is 99.6 Å². The number of benzene rings is 1. The van der Waals surface area contributed by atoms with Crippen LogP contribution in [-0.2, 0) is 5.60 Å². The maximum absolute atomic E-state index is 10.8. The standard InChI is InChI=1S/C13H17BrO/c1-10-6-4-5-9-13(10,15)11-7-2-3-8-12(11)14/h2-3,7-8,10,15H,4-6,9H2,1H3/t10-,13+/m1/s1. The Morgan fingerprint density at radius 1 is 1.33 bits per heavy atom. The zero-order valence-electron chi connectivity index (χ0n) is 9.04. The van der Waals surface area contributed by atoms with Crippen LogP contribution in [0, 0.1) is 5.92 Å². The van der Waals surface area contributed by atoms with Crippen molar-refractivity contribution >= 4 is 15.9 Å². The predicted molar refractivity (Wildman–Crippen MR) is 65.7 cm³/mol. The van der Waals surface area contributed by atoms with Gasteiger partial charge in [0.15, 0.2) is 0 Å². The van der Waals surface area contributed by atoms with Crippen LogP contribution < -0.4 is 0 Å². The molecule has 1 aliphatic carbocycles. The Hall–Kier alpha value is -0.340. The van der Waals surface area contributed by atoms with Crippen LogP contribution in [-0.4, -0.2) is 5.11 Å². The monoisotopic (exact) mass is 268 g/mol. The van der Waals surface area contributed by atoms with E-state index in [0.29, 0.717) is 5.92 Å². The fraction of sp³-hybridized carbons (Fsp3) is 0.538. The van der Waals surface area contributed by atoms with Crippen molar-refractivity contribution in [2.75, 3.05) is 0 Å². The molecule has 1 aromatic rings. The lowest BCUT2D eigenvalue weighted by Gasteiger charge is -2.39. The summed E-state index contributed by atoms with van der Waals surface area (Å²) in [5.74, 6) is 0.352. The quantitative estimate of drug-likeness (QED) is 0.821. The largest absolute Gasteiger partial charge is 0.385 e. The molecular formula is C13H17BrO. The van der Waals surface area contributed by atoms with Crippen LogP contribution >= 0.6 is 15.9 Å². The first-order valence-corrected chi connectivity index (χ1v) is 6.41. The van der Waals surface area contributed by atoms with E-state index in [2.05, 4.69) is 22.9 Å². The molecule has 1 aliphatic rings. The van der Waals surface area contributed by atoms with E-state index in [1.165, 1.54) is 6.42 Å². The molecule has 15 heavy (non-hydrogen) atoms. The predicted octanol–water partition coefficient (Wildman–Crippen LogP) is 3.85. The number of rotatable bonds is 1. The van der Waals surface area contributed by atoms with Gasteiger partial charge in [-0.3, -0.25) is 0 Å². The Morgan fingerprint density at radius 3 is 2.73 bits per heavy atom. The third-order valence-corrected chi connectivity index (χ3v) is 4.29. The smallest absolute Gasteiger partial charge is 0.0932 e. The normalized spacial score (nSPS) is 31.5. The van der Waals surface area contributed by atoms with E-state index in [0.717, 1.165) is 29.3 Å². The van der Waals surface area contributed by atoms with E-state index >= 15 is 0 Å². The topological polar surface area (TPSA) is 20.2 Å². The Bertz CT molecular complexity index is 350. The number of hydrogen-bond acceptors (Lipinski definition) is 1. The lowest BCUT2D eigenvalue weighted by Crippen LogP contribution is -2.36. The van der Waals surface area contributed by atoms with Crippen molar-refractivity contribution in [2.24, 2.45) is 5.92 Å². The van der Waals surface area contributed by atoms with Gasteiger partial charge in [-0.05, 0) is 30.4 Å². The van der Waals surface area contributed by atoms with E-state index in [1.54, 1.807) is 0 Å². The molecule has 0 spiro atoms. The molecule has 0 aliphatic heterocycles.